The average molecular weight is 361 g/mol. The first kappa shape index (κ1) is 20.4. The summed E-state index contributed by atoms with van der Waals surface area (Å²) in [5, 5.41) is 0. The lowest BCUT2D eigenvalue weighted by atomic mass is 9.43. The number of carbonyl (C=O) groups is 1. The molecule has 1 nitrogen and oxygen atoms in total. The van der Waals surface area contributed by atoms with Gasteiger partial charge in [0.2, 0.25) is 0 Å². The Hall–Kier alpha value is -0.330. The first-order valence-electron chi connectivity index (χ1n) is 12.2. The van der Waals surface area contributed by atoms with Gasteiger partial charge in [-0.15, -0.1) is 0 Å². The molecule has 3 saturated carbocycles. The second-order valence-corrected chi connectivity index (χ2v) is 10.3. The molecule has 0 aliphatic heterocycles. The molecule has 3 aliphatic carbocycles. The molecule has 0 aromatic heterocycles. The van der Waals surface area contributed by atoms with Crippen molar-refractivity contribution in [2.24, 2.45) is 22.7 Å². The number of unbranched alkanes of at least 4 members (excludes halogenated alkanes) is 5. The Bertz CT molecular complexity index is 435. The predicted molar refractivity (Wildman–Crippen MR) is 111 cm³/mol. The van der Waals surface area contributed by atoms with Crippen LogP contribution in [0.25, 0.3) is 0 Å². The van der Waals surface area contributed by atoms with Gasteiger partial charge in [0.05, 0.1) is 0 Å². The molecule has 3 aliphatic rings. The zero-order chi connectivity index (χ0) is 18.5. The second-order valence-electron chi connectivity index (χ2n) is 10.3. The SMILES string of the molecule is CCCCCCCCC1CCC2(CC1)CC1(CCC(CCC)CC1)C2=O. The molecule has 150 valence electrons. The van der Waals surface area contributed by atoms with Crippen LogP contribution >= 0.6 is 0 Å². The Morgan fingerprint density at radius 1 is 0.692 bits per heavy atom. The third-order valence-electron chi connectivity index (χ3n) is 8.43. The standard InChI is InChI=1S/C25H44O/c1-3-5-6-7-8-9-11-22-14-18-25(19-15-22)20-24(23(25)26)16-12-21(10-4-2)13-17-24/h21-22H,3-20H2,1-2H3. The van der Waals surface area contributed by atoms with Crippen LogP contribution in [-0.2, 0) is 4.79 Å². The van der Waals surface area contributed by atoms with Gasteiger partial charge >= 0.3 is 0 Å². The highest BCUT2D eigenvalue weighted by molar-refractivity contribution is 5.96. The van der Waals surface area contributed by atoms with Crippen LogP contribution in [0.5, 0.6) is 0 Å². The largest absolute Gasteiger partial charge is 0.298 e. The quantitative estimate of drug-likeness (QED) is 0.382. The van der Waals surface area contributed by atoms with Gasteiger partial charge in [0, 0.05) is 10.8 Å². The van der Waals surface area contributed by atoms with Gasteiger partial charge in [0.15, 0.2) is 0 Å². The first-order chi connectivity index (χ1) is 12.6. The van der Waals surface area contributed by atoms with Crippen molar-refractivity contribution in [3.05, 3.63) is 0 Å². The number of carbonyl (C=O) groups excluding carboxylic acids is 1. The van der Waals surface area contributed by atoms with E-state index in [0.717, 1.165) is 17.6 Å². The first-order valence-corrected chi connectivity index (χ1v) is 12.2. The van der Waals surface area contributed by atoms with Crippen LogP contribution in [0.3, 0.4) is 0 Å². The van der Waals surface area contributed by atoms with Crippen LogP contribution in [0.1, 0.15) is 129 Å². The zero-order valence-electron chi connectivity index (χ0n) is 17.8. The average Bonchev–Trinajstić information content (AvgIpc) is 2.67. The van der Waals surface area contributed by atoms with Crippen molar-refractivity contribution in [1.82, 2.24) is 0 Å². The molecule has 0 bridgehead atoms. The van der Waals surface area contributed by atoms with E-state index in [0.29, 0.717) is 0 Å². The van der Waals surface area contributed by atoms with E-state index in [-0.39, 0.29) is 10.8 Å². The molecule has 3 fully saturated rings. The molecule has 0 amide bonds. The molecule has 0 radical (unpaired) electrons. The van der Waals surface area contributed by atoms with Crippen LogP contribution in [0, 0.1) is 22.7 Å². The fourth-order valence-corrected chi connectivity index (χ4v) is 6.73. The molecular weight excluding hydrogens is 316 g/mol. The summed E-state index contributed by atoms with van der Waals surface area (Å²) in [5.74, 6) is 2.57. The van der Waals surface area contributed by atoms with Crippen molar-refractivity contribution < 1.29 is 4.79 Å². The Morgan fingerprint density at radius 2 is 1.19 bits per heavy atom. The third-order valence-corrected chi connectivity index (χ3v) is 8.43. The van der Waals surface area contributed by atoms with Gasteiger partial charge in [-0.05, 0) is 69.6 Å². The molecule has 2 spiro atoms. The highest BCUT2D eigenvalue weighted by Crippen LogP contribution is 2.64. The lowest BCUT2D eigenvalue weighted by Gasteiger charge is -2.59. The number of Topliss-reactive ketones (excluding diaryl/α,β-unsaturated/α-hetero) is 1. The van der Waals surface area contributed by atoms with Gasteiger partial charge in [-0.1, -0.05) is 71.6 Å². The van der Waals surface area contributed by atoms with Crippen molar-refractivity contribution in [2.45, 2.75) is 129 Å². The van der Waals surface area contributed by atoms with E-state index in [2.05, 4.69) is 13.8 Å². The van der Waals surface area contributed by atoms with Crippen molar-refractivity contribution in [3.8, 4) is 0 Å². The molecule has 3 rings (SSSR count). The Kier molecular flexibility index (Phi) is 7.25. The van der Waals surface area contributed by atoms with Gasteiger partial charge in [-0.25, -0.2) is 0 Å². The third kappa shape index (κ3) is 4.39. The van der Waals surface area contributed by atoms with Crippen molar-refractivity contribution in [1.29, 1.82) is 0 Å². The summed E-state index contributed by atoms with van der Waals surface area (Å²) in [5.41, 5.74) is 0.297. The summed E-state index contributed by atoms with van der Waals surface area (Å²) in [6.07, 6.45) is 24.1. The van der Waals surface area contributed by atoms with Crippen LogP contribution in [0.15, 0.2) is 0 Å². The molecule has 0 unspecified atom stereocenters. The van der Waals surface area contributed by atoms with E-state index in [9.17, 15) is 4.79 Å². The lowest BCUT2D eigenvalue weighted by Crippen LogP contribution is -2.59. The number of rotatable bonds is 9. The fraction of sp³-hybridized carbons (Fsp3) is 0.960. The second kappa shape index (κ2) is 9.24. The summed E-state index contributed by atoms with van der Waals surface area (Å²) in [6.45, 7) is 4.60. The van der Waals surface area contributed by atoms with E-state index >= 15 is 0 Å². The molecule has 0 aromatic carbocycles. The molecule has 0 N–H and O–H groups in total. The van der Waals surface area contributed by atoms with Gasteiger partial charge in [0.25, 0.3) is 0 Å². The lowest BCUT2D eigenvalue weighted by molar-refractivity contribution is -0.169. The number of hydrogen-bond donors (Lipinski definition) is 0. The van der Waals surface area contributed by atoms with Gasteiger partial charge < -0.3 is 0 Å². The van der Waals surface area contributed by atoms with Gasteiger partial charge in [0.1, 0.15) is 5.78 Å². The fourth-order valence-electron chi connectivity index (χ4n) is 6.73. The maximum Gasteiger partial charge on any atom is 0.145 e. The van der Waals surface area contributed by atoms with Crippen LogP contribution in [-0.4, -0.2) is 5.78 Å². The van der Waals surface area contributed by atoms with Crippen LogP contribution in [0.4, 0.5) is 0 Å². The van der Waals surface area contributed by atoms with Crippen molar-refractivity contribution >= 4 is 5.78 Å². The zero-order valence-corrected chi connectivity index (χ0v) is 17.8. The molecule has 0 heterocycles. The normalized spacial score (nSPS) is 37.2. The molecule has 0 atom stereocenters. The monoisotopic (exact) mass is 360 g/mol. The van der Waals surface area contributed by atoms with Gasteiger partial charge in [-0.3, -0.25) is 4.79 Å². The van der Waals surface area contributed by atoms with E-state index in [1.54, 1.807) is 0 Å². The van der Waals surface area contributed by atoms with Crippen LogP contribution in [0.2, 0.25) is 0 Å². The summed E-state index contributed by atoms with van der Waals surface area (Å²) in [6, 6.07) is 0. The maximum atomic E-state index is 13.2. The predicted octanol–water partition coefficient (Wildman–Crippen LogP) is 7.86. The number of hydrogen-bond acceptors (Lipinski definition) is 1. The van der Waals surface area contributed by atoms with Crippen molar-refractivity contribution in [2.75, 3.05) is 0 Å². The van der Waals surface area contributed by atoms with Crippen LogP contribution < -0.4 is 0 Å². The molecule has 0 saturated heterocycles. The maximum absolute atomic E-state index is 13.2. The smallest absolute Gasteiger partial charge is 0.145 e. The summed E-state index contributed by atoms with van der Waals surface area (Å²) in [7, 11) is 0. The highest BCUT2D eigenvalue weighted by Gasteiger charge is 2.62. The Balaban J connectivity index is 1.36. The van der Waals surface area contributed by atoms with Crippen molar-refractivity contribution in [3.63, 3.8) is 0 Å². The Labute approximate surface area is 163 Å². The molecular formula is C25H44O. The summed E-state index contributed by atoms with van der Waals surface area (Å²) in [4.78, 5) is 13.2. The Morgan fingerprint density at radius 3 is 1.69 bits per heavy atom. The minimum atomic E-state index is 0.148. The number of ketones is 1. The van der Waals surface area contributed by atoms with E-state index in [4.69, 9.17) is 0 Å². The summed E-state index contributed by atoms with van der Waals surface area (Å²) >= 11 is 0. The van der Waals surface area contributed by atoms with E-state index in [1.807, 2.05) is 0 Å². The topological polar surface area (TPSA) is 17.1 Å². The molecule has 26 heavy (non-hydrogen) atoms. The molecule has 0 aromatic rings. The highest BCUT2D eigenvalue weighted by atomic mass is 16.1. The minimum absolute atomic E-state index is 0.148. The minimum Gasteiger partial charge on any atom is -0.298 e. The van der Waals surface area contributed by atoms with E-state index < -0.39 is 0 Å². The summed E-state index contributed by atoms with van der Waals surface area (Å²) < 4.78 is 0. The van der Waals surface area contributed by atoms with Gasteiger partial charge in [-0.2, -0.15) is 0 Å². The van der Waals surface area contributed by atoms with E-state index in [1.165, 1.54) is 116 Å². The molecule has 1 heteroatoms.